The molecule has 1 aliphatic heterocycles. The van der Waals surface area contributed by atoms with E-state index in [0.29, 0.717) is 53.5 Å². The van der Waals surface area contributed by atoms with Crippen molar-refractivity contribution in [2.45, 2.75) is 18.4 Å². The molecule has 0 saturated carbocycles. The van der Waals surface area contributed by atoms with E-state index in [1.807, 2.05) is 18.2 Å². The fourth-order valence-corrected chi connectivity index (χ4v) is 3.55. The summed E-state index contributed by atoms with van der Waals surface area (Å²) in [5.41, 5.74) is 6.46. The SMILES string of the molecule is COc1cc(N)ccc1C(=O)N1CCC(O)(c2ccccc2Cl)CC1. The number of nitrogens with two attached hydrogens (primary N) is 1. The van der Waals surface area contributed by atoms with Gasteiger partial charge in [-0.1, -0.05) is 29.8 Å². The van der Waals surface area contributed by atoms with Gasteiger partial charge in [0.1, 0.15) is 5.75 Å². The van der Waals surface area contributed by atoms with Gasteiger partial charge in [-0.3, -0.25) is 4.79 Å². The third-order valence-electron chi connectivity index (χ3n) is 4.71. The highest BCUT2D eigenvalue weighted by molar-refractivity contribution is 6.31. The Labute approximate surface area is 152 Å². The lowest BCUT2D eigenvalue weighted by Crippen LogP contribution is -2.45. The van der Waals surface area contributed by atoms with Crippen LogP contribution in [0.1, 0.15) is 28.8 Å². The van der Waals surface area contributed by atoms with Crippen molar-refractivity contribution in [1.82, 2.24) is 4.90 Å². The molecule has 2 aromatic carbocycles. The molecule has 1 amide bonds. The van der Waals surface area contributed by atoms with Crippen molar-refractivity contribution in [2.75, 3.05) is 25.9 Å². The van der Waals surface area contributed by atoms with Gasteiger partial charge in [0.05, 0.1) is 18.3 Å². The molecule has 25 heavy (non-hydrogen) atoms. The molecule has 1 heterocycles. The number of likely N-dealkylation sites (tertiary alicyclic amines) is 1. The number of methoxy groups -OCH3 is 1. The van der Waals surface area contributed by atoms with Gasteiger partial charge in [-0.05, 0) is 31.0 Å². The minimum Gasteiger partial charge on any atom is -0.496 e. The molecule has 2 aromatic rings. The third-order valence-corrected chi connectivity index (χ3v) is 5.04. The number of piperidine rings is 1. The quantitative estimate of drug-likeness (QED) is 0.825. The Bertz CT molecular complexity index is 786. The second-order valence-electron chi connectivity index (χ2n) is 6.26. The normalized spacial score (nSPS) is 16.5. The minimum atomic E-state index is -1.01. The fourth-order valence-electron chi connectivity index (χ4n) is 3.24. The summed E-state index contributed by atoms with van der Waals surface area (Å²) in [6.45, 7) is 0.877. The van der Waals surface area contributed by atoms with Gasteiger partial charge in [0.25, 0.3) is 5.91 Å². The Balaban J connectivity index is 1.76. The number of anilines is 1. The van der Waals surface area contributed by atoms with Crippen LogP contribution in [0.25, 0.3) is 0 Å². The number of benzene rings is 2. The van der Waals surface area contributed by atoms with Crippen LogP contribution in [0.15, 0.2) is 42.5 Å². The molecule has 5 nitrogen and oxygen atoms in total. The van der Waals surface area contributed by atoms with E-state index in [0.717, 1.165) is 0 Å². The molecular formula is C19H21ClN2O3. The zero-order valence-electron chi connectivity index (χ0n) is 14.0. The highest BCUT2D eigenvalue weighted by atomic mass is 35.5. The van der Waals surface area contributed by atoms with E-state index >= 15 is 0 Å². The van der Waals surface area contributed by atoms with E-state index < -0.39 is 5.60 Å². The first kappa shape index (κ1) is 17.6. The first-order chi connectivity index (χ1) is 11.9. The average molecular weight is 361 g/mol. The van der Waals surface area contributed by atoms with Crippen LogP contribution in [0.2, 0.25) is 5.02 Å². The summed E-state index contributed by atoms with van der Waals surface area (Å²) in [7, 11) is 1.51. The summed E-state index contributed by atoms with van der Waals surface area (Å²) in [6.07, 6.45) is 0.861. The van der Waals surface area contributed by atoms with Crippen molar-refractivity contribution >= 4 is 23.2 Å². The molecule has 0 spiro atoms. The van der Waals surface area contributed by atoms with E-state index in [2.05, 4.69) is 0 Å². The Morgan fingerprint density at radius 1 is 1.24 bits per heavy atom. The molecule has 0 bridgehead atoms. The summed E-state index contributed by atoms with van der Waals surface area (Å²) in [4.78, 5) is 14.5. The van der Waals surface area contributed by atoms with E-state index in [9.17, 15) is 9.90 Å². The van der Waals surface area contributed by atoms with E-state index in [1.165, 1.54) is 7.11 Å². The molecule has 0 radical (unpaired) electrons. The zero-order chi connectivity index (χ0) is 18.0. The standard InChI is InChI=1S/C19H21ClN2O3/c1-25-17-12-13(21)6-7-14(17)18(23)22-10-8-19(24,9-11-22)15-4-2-3-5-16(15)20/h2-7,12,24H,8-11,21H2,1H3. The molecule has 0 unspecified atom stereocenters. The molecule has 0 atom stereocenters. The molecule has 0 aromatic heterocycles. The number of carbonyl (C=O) groups is 1. The molecule has 132 valence electrons. The molecular weight excluding hydrogens is 340 g/mol. The van der Waals surface area contributed by atoms with Gasteiger partial charge in [-0.2, -0.15) is 0 Å². The summed E-state index contributed by atoms with van der Waals surface area (Å²) in [6, 6.07) is 12.3. The minimum absolute atomic E-state index is 0.127. The van der Waals surface area contributed by atoms with Crippen molar-refractivity contribution in [2.24, 2.45) is 0 Å². The van der Waals surface area contributed by atoms with Gasteiger partial charge in [0.2, 0.25) is 0 Å². The van der Waals surface area contributed by atoms with E-state index in [4.69, 9.17) is 22.1 Å². The number of nitrogens with zero attached hydrogens (tertiary/aromatic N) is 1. The number of rotatable bonds is 3. The van der Waals surface area contributed by atoms with Crippen molar-refractivity contribution in [3.05, 3.63) is 58.6 Å². The highest BCUT2D eigenvalue weighted by Crippen LogP contribution is 2.37. The maximum Gasteiger partial charge on any atom is 0.257 e. The lowest BCUT2D eigenvalue weighted by Gasteiger charge is -2.39. The van der Waals surface area contributed by atoms with Gasteiger partial charge in [-0.15, -0.1) is 0 Å². The number of aliphatic hydroxyl groups is 1. The van der Waals surface area contributed by atoms with Crippen molar-refractivity contribution in [3.63, 3.8) is 0 Å². The van der Waals surface area contributed by atoms with E-state index in [-0.39, 0.29) is 5.91 Å². The van der Waals surface area contributed by atoms with Gasteiger partial charge < -0.3 is 20.5 Å². The highest BCUT2D eigenvalue weighted by Gasteiger charge is 2.37. The maximum absolute atomic E-state index is 12.8. The van der Waals surface area contributed by atoms with Gasteiger partial charge in [0.15, 0.2) is 0 Å². The summed E-state index contributed by atoms with van der Waals surface area (Å²) in [5.74, 6) is 0.329. The van der Waals surface area contributed by atoms with Gasteiger partial charge in [-0.25, -0.2) is 0 Å². The summed E-state index contributed by atoms with van der Waals surface area (Å²) < 4.78 is 5.27. The number of ether oxygens (including phenoxy) is 1. The summed E-state index contributed by atoms with van der Waals surface area (Å²) in [5, 5.41) is 11.5. The number of halogens is 1. The van der Waals surface area contributed by atoms with Crippen LogP contribution in [0, 0.1) is 0 Å². The molecule has 0 aliphatic carbocycles. The number of hydrogen-bond donors (Lipinski definition) is 2. The van der Waals surface area contributed by atoms with Crippen LogP contribution in [-0.2, 0) is 5.60 Å². The van der Waals surface area contributed by atoms with Crippen LogP contribution in [0.5, 0.6) is 5.75 Å². The Morgan fingerprint density at radius 3 is 2.56 bits per heavy atom. The zero-order valence-corrected chi connectivity index (χ0v) is 14.8. The van der Waals surface area contributed by atoms with Crippen LogP contribution in [0.4, 0.5) is 5.69 Å². The number of nitrogen functional groups attached to an aromatic ring is 1. The second kappa shape index (κ2) is 6.94. The first-order valence-electron chi connectivity index (χ1n) is 8.15. The van der Waals surface area contributed by atoms with Crippen molar-refractivity contribution < 1.29 is 14.6 Å². The smallest absolute Gasteiger partial charge is 0.257 e. The Morgan fingerprint density at radius 2 is 1.92 bits per heavy atom. The van der Waals surface area contributed by atoms with Crippen LogP contribution >= 0.6 is 11.6 Å². The number of hydrogen-bond acceptors (Lipinski definition) is 4. The molecule has 3 N–H and O–H groups in total. The lowest BCUT2D eigenvalue weighted by atomic mass is 9.84. The molecule has 1 fully saturated rings. The molecule has 3 rings (SSSR count). The number of carbonyl (C=O) groups excluding carboxylic acids is 1. The number of amides is 1. The van der Waals surface area contributed by atoms with Crippen molar-refractivity contribution in [3.8, 4) is 5.75 Å². The first-order valence-corrected chi connectivity index (χ1v) is 8.52. The molecule has 1 saturated heterocycles. The predicted octanol–water partition coefficient (Wildman–Crippen LogP) is 3.05. The average Bonchev–Trinajstić information content (AvgIpc) is 2.62. The lowest BCUT2D eigenvalue weighted by molar-refractivity contribution is -0.0211. The summed E-state index contributed by atoms with van der Waals surface area (Å²) >= 11 is 6.23. The Hall–Kier alpha value is -2.24. The van der Waals surface area contributed by atoms with Gasteiger partial charge >= 0.3 is 0 Å². The molecule has 1 aliphatic rings. The largest absolute Gasteiger partial charge is 0.496 e. The predicted molar refractivity (Wildman–Crippen MR) is 97.9 cm³/mol. The van der Waals surface area contributed by atoms with Crippen LogP contribution in [-0.4, -0.2) is 36.1 Å². The van der Waals surface area contributed by atoms with Crippen LogP contribution in [0.3, 0.4) is 0 Å². The van der Waals surface area contributed by atoms with Gasteiger partial charge in [0, 0.05) is 35.4 Å². The second-order valence-corrected chi connectivity index (χ2v) is 6.67. The topological polar surface area (TPSA) is 75.8 Å². The maximum atomic E-state index is 12.8. The van der Waals surface area contributed by atoms with E-state index in [1.54, 1.807) is 29.2 Å². The third kappa shape index (κ3) is 3.43. The fraction of sp³-hybridized carbons (Fsp3) is 0.316. The monoisotopic (exact) mass is 360 g/mol. The van der Waals surface area contributed by atoms with Crippen LogP contribution < -0.4 is 10.5 Å². The molecule has 6 heteroatoms. The Kier molecular flexibility index (Phi) is 4.88. The van der Waals surface area contributed by atoms with Crippen molar-refractivity contribution in [1.29, 1.82) is 0 Å².